The number of carbonyl (C=O) groups excluding carboxylic acids is 1. The lowest BCUT2D eigenvalue weighted by atomic mass is 10.1. The number of anilines is 2. The van der Waals surface area contributed by atoms with E-state index in [2.05, 4.69) is 20.8 Å². The van der Waals surface area contributed by atoms with Gasteiger partial charge in [0.15, 0.2) is 0 Å². The molecule has 0 radical (unpaired) electrons. The van der Waals surface area contributed by atoms with E-state index >= 15 is 0 Å². The highest BCUT2D eigenvalue weighted by Crippen LogP contribution is 2.21. The first-order chi connectivity index (χ1) is 9.61. The van der Waals surface area contributed by atoms with Crippen LogP contribution < -0.4 is 10.6 Å². The van der Waals surface area contributed by atoms with Crippen molar-refractivity contribution in [2.75, 3.05) is 17.2 Å². The van der Waals surface area contributed by atoms with Crippen molar-refractivity contribution in [3.8, 4) is 0 Å². The Kier molecular flexibility index (Phi) is 4.57. The molecule has 106 valence electrons. The minimum absolute atomic E-state index is 0.114. The molecule has 0 saturated carbocycles. The number of aromatic nitrogens is 2. The van der Waals surface area contributed by atoms with Crippen molar-refractivity contribution < 1.29 is 13.6 Å². The molecule has 0 aliphatic carbocycles. The molecule has 2 N–H and O–H groups in total. The molecule has 0 aliphatic heterocycles. The molecule has 0 atom stereocenters. The molecule has 0 unspecified atom stereocenters. The fourth-order valence-corrected chi connectivity index (χ4v) is 1.96. The number of rotatable bonds is 5. The lowest BCUT2D eigenvalue weighted by Gasteiger charge is -2.09. The quantitative estimate of drug-likeness (QED) is 0.890. The van der Waals surface area contributed by atoms with Gasteiger partial charge in [-0.2, -0.15) is 0 Å². The summed E-state index contributed by atoms with van der Waals surface area (Å²) in [6, 6.07) is 1.97. The number of nitrogens with one attached hydrogen (secondary N) is 2. The van der Waals surface area contributed by atoms with Crippen molar-refractivity contribution in [1.29, 1.82) is 0 Å². The molecule has 5 nitrogen and oxygen atoms in total. The van der Waals surface area contributed by atoms with Gasteiger partial charge in [-0.3, -0.25) is 10.1 Å². The molecular weight excluding hydrogens is 286 g/mol. The van der Waals surface area contributed by atoms with Gasteiger partial charge in [0.25, 0.3) is 5.91 Å². The molecule has 1 amide bonds. The Morgan fingerprint density at radius 1 is 1.35 bits per heavy atom. The van der Waals surface area contributed by atoms with Gasteiger partial charge in [0.2, 0.25) is 5.13 Å². The van der Waals surface area contributed by atoms with Crippen LogP contribution in [0.15, 0.2) is 17.6 Å². The number of amides is 1. The van der Waals surface area contributed by atoms with Gasteiger partial charge in [-0.05, 0) is 18.6 Å². The summed E-state index contributed by atoms with van der Waals surface area (Å²) in [7, 11) is 0. The van der Waals surface area contributed by atoms with Gasteiger partial charge in [0, 0.05) is 12.1 Å². The fraction of sp³-hybridized carbons (Fsp3) is 0.250. The topological polar surface area (TPSA) is 66.9 Å². The molecule has 20 heavy (non-hydrogen) atoms. The molecular formula is C12H12F2N4OS. The number of hydrogen-bond acceptors (Lipinski definition) is 5. The van der Waals surface area contributed by atoms with Crippen LogP contribution >= 0.6 is 11.3 Å². The summed E-state index contributed by atoms with van der Waals surface area (Å²) in [5.41, 5.74) is 1.10. The molecule has 0 fully saturated rings. The Balaban J connectivity index is 2.18. The van der Waals surface area contributed by atoms with Crippen LogP contribution in [0.2, 0.25) is 0 Å². The highest BCUT2D eigenvalue weighted by molar-refractivity contribution is 7.13. The van der Waals surface area contributed by atoms with Crippen molar-refractivity contribution >= 4 is 28.1 Å². The molecule has 1 aromatic carbocycles. The number of benzene rings is 1. The second-order valence-corrected chi connectivity index (χ2v) is 4.77. The van der Waals surface area contributed by atoms with Crippen LogP contribution in [0.25, 0.3) is 0 Å². The van der Waals surface area contributed by atoms with Crippen molar-refractivity contribution in [2.45, 2.75) is 13.3 Å². The first kappa shape index (κ1) is 14.3. The first-order valence-corrected chi connectivity index (χ1v) is 6.80. The SMILES string of the molecule is CCCNc1c(F)cc(C(=O)Nc2nncs2)cc1F. The van der Waals surface area contributed by atoms with E-state index in [1.165, 1.54) is 5.51 Å². The highest BCUT2D eigenvalue weighted by atomic mass is 32.1. The van der Waals surface area contributed by atoms with Gasteiger partial charge in [-0.1, -0.05) is 18.3 Å². The number of hydrogen-bond donors (Lipinski definition) is 2. The average Bonchev–Trinajstić information content (AvgIpc) is 2.90. The van der Waals surface area contributed by atoms with Gasteiger partial charge < -0.3 is 5.32 Å². The third-order valence-electron chi connectivity index (χ3n) is 2.44. The summed E-state index contributed by atoms with van der Waals surface area (Å²) in [5.74, 6) is -2.25. The molecule has 1 aromatic heterocycles. The molecule has 2 rings (SSSR count). The average molecular weight is 298 g/mol. The van der Waals surface area contributed by atoms with E-state index in [9.17, 15) is 13.6 Å². The summed E-state index contributed by atoms with van der Waals surface area (Å²) >= 11 is 1.11. The van der Waals surface area contributed by atoms with Crippen LogP contribution in [0.5, 0.6) is 0 Å². The zero-order valence-electron chi connectivity index (χ0n) is 10.6. The largest absolute Gasteiger partial charge is 0.380 e. The van der Waals surface area contributed by atoms with E-state index in [0.29, 0.717) is 6.54 Å². The number of halogens is 2. The Bertz CT molecular complexity index is 581. The third kappa shape index (κ3) is 3.27. The molecule has 8 heteroatoms. The van der Waals surface area contributed by atoms with Crippen LogP contribution in [0, 0.1) is 11.6 Å². The van der Waals surface area contributed by atoms with Crippen LogP contribution in [0.4, 0.5) is 19.6 Å². The van der Waals surface area contributed by atoms with Gasteiger partial charge in [-0.15, -0.1) is 10.2 Å². The van der Waals surface area contributed by atoms with Crippen LogP contribution in [0.3, 0.4) is 0 Å². The normalized spacial score (nSPS) is 10.3. The molecule has 1 heterocycles. The van der Waals surface area contributed by atoms with Gasteiger partial charge in [-0.25, -0.2) is 8.78 Å². The maximum atomic E-state index is 13.8. The van der Waals surface area contributed by atoms with Crippen LogP contribution in [-0.4, -0.2) is 22.6 Å². The van der Waals surface area contributed by atoms with E-state index in [1.54, 1.807) is 0 Å². The Morgan fingerprint density at radius 2 is 2.05 bits per heavy atom. The summed E-state index contributed by atoms with van der Waals surface area (Å²) in [6.07, 6.45) is 0.734. The lowest BCUT2D eigenvalue weighted by Crippen LogP contribution is -2.14. The third-order valence-corrected chi connectivity index (χ3v) is 3.04. The monoisotopic (exact) mass is 298 g/mol. The predicted octanol–water partition coefficient (Wildman–Crippen LogP) is 2.89. The smallest absolute Gasteiger partial charge is 0.257 e. The van der Waals surface area contributed by atoms with Crippen molar-refractivity contribution in [3.63, 3.8) is 0 Å². The molecule has 0 bridgehead atoms. The van der Waals surface area contributed by atoms with Gasteiger partial charge in [0.05, 0.1) is 0 Å². The standard InChI is InChI=1S/C12H12F2N4OS/c1-2-3-15-10-8(13)4-7(5-9(10)14)11(19)17-12-18-16-6-20-12/h4-6,15H,2-3H2,1H3,(H,17,18,19). The maximum Gasteiger partial charge on any atom is 0.257 e. The Morgan fingerprint density at radius 3 is 2.60 bits per heavy atom. The summed E-state index contributed by atoms with van der Waals surface area (Å²) in [4.78, 5) is 11.8. The number of carbonyl (C=O) groups is 1. The summed E-state index contributed by atoms with van der Waals surface area (Å²) < 4.78 is 27.5. The summed E-state index contributed by atoms with van der Waals surface area (Å²) in [5, 5.41) is 12.5. The van der Waals surface area contributed by atoms with Gasteiger partial charge in [0.1, 0.15) is 22.8 Å². The maximum absolute atomic E-state index is 13.8. The highest BCUT2D eigenvalue weighted by Gasteiger charge is 2.15. The van der Waals surface area contributed by atoms with Crippen molar-refractivity contribution in [2.24, 2.45) is 0 Å². The van der Waals surface area contributed by atoms with Crippen molar-refractivity contribution in [1.82, 2.24) is 10.2 Å². The predicted molar refractivity (Wildman–Crippen MR) is 73.0 cm³/mol. The van der Waals surface area contributed by atoms with E-state index in [0.717, 1.165) is 29.9 Å². The molecule has 0 aliphatic rings. The minimum Gasteiger partial charge on any atom is -0.380 e. The minimum atomic E-state index is -0.805. The Labute approximate surface area is 118 Å². The molecule has 0 saturated heterocycles. The summed E-state index contributed by atoms with van der Waals surface area (Å²) in [6.45, 7) is 2.33. The van der Waals surface area contributed by atoms with Gasteiger partial charge >= 0.3 is 0 Å². The van der Waals surface area contributed by atoms with E-state index in [1.807, 2.05) is 6.92 Å². The second-order valence-electron chi connectivity index (χ2n) is 3.94. The van der Waals surface area contributed by atoms with Crippen LogP contribution in [-0.2, 0) is 0 Å². The van der Waals surface area contributed by atoms with E-state index in [4.69, 9.17) is 0 Å². The van der Waals surface area contributed by atoms with E-state index < -0.39 is 17.5 Å². The van der Waals surface area contributed by atoms with E-state index in [-0.39, 0.29) is 16.4 Å². The molecule has 0 spiro atoms. The van der Waals surface area contributed by atoms with Crippen LogP contribution in [0.1, 0.15) is 23.7 Å². The first-order valence-electron chi connectivity index (χ1n) is 5.92. The van der Waals surface area contributed by atoms with Crippen molar-refractivity contribution in [3.05, 3.63) is 34.8 Å². The molecule has 2 aromatic rings. The number of nitrogens with zero attached hydrogens (tertiary/aromatic N) is 2. The Hall–Kier alpha value is -2.09. The second kappa shape index (κ2) is 6.38. The lowest BCUT2D eigenvalue weighted by molar-refractivity contribution is 0.102. The zero-order chi connectivity index (χ0) is 14.5. The fourth-order valence-electron chi connectivity index (χ4n) is 1.52. The zero-order valence-corrected chi connectivity index (χ0v) is 11.4.